The Bertz CT molecular complexity index is 404. The first kappa shape index (κ1) is 8.25. The number of aromatic nitrogens is 4. The van der Waals surface area contributed by atoms with E-state index in [1.807, 2.05) is 0 Å². The molecule has 0 bridgehead atoms. The SMILES string of the molecule is Brc1nccnc1-c1ncccn1. The lowest BCUT2D eigenvalue weighted by Gasteiger charge is -1.98. The zero-order valence-electron chi connectivity index (χ0n) is 6.55. The molecule has 0 fully saturated rings. The highest BCUT2D eigenvalue weighted by Crippen LogP contribution is 2.18. The molecule has 2 heterocycles. The average molecular weight is 237 g/mol. The van der Waals surface area contributed by atoms with E-state index in [4.69, 9.17) is 0 Å². The van der Waals surface area contributed by atoms with Gasteiger partial charge in [-0.3, -0.25) is 0 Å². The number of hydrogen-bond acceptors (Lipinski definition) is 4. The van der Waals surface area contributed by atoms with E-state index in [1.54, 1.807) is 30.9 Å². The lowest BCUT2D eigenvalue weighted by Crippen LogP contribution is -1.92. The third kappa shape index (κ3) is 1.70. The lowest BCUT2D eigenvalue weighted by atomic mass is 10.4. The molecule has 0 amide bonds. The Morgan fingerprint density at radius 1 is 0.846 bits per heavy atom. The smallest absolute Gasteiger partial charge is 0.180 e. The van der Waals surface area contributed by atoms with Crippen LogP contribution in [-0.2, 0) is 0 Å². The summed E-state index contributed by atoms with van der Waals surface area (Å²) >= 11 is 3.28. The molecule has 0 radical (unpaired) electrons. The molecule has 0 unspecified atom stereocenters. The highest BCUT2D eigenvalue weighted by molar-refractivity contribution is 9.10. The minimum Gasteiger partial charge on any atom is -0.248 e. The van der Waals surface area contributed by atoms with E-state index in [9.17, 15) is 0 Å². The minimum atomic E-state index is 0.572. The molecular weight excluding hydrogens is 232 g/mol. The second-order valence-corrected chi connectivity index (χ2v) is 3.02. The third-order valence-electron chi connectivity index (χ3n) is 1.43. The van der Waals surface area contributed by atoms with Gasteiger partial charge in [-0.05, 0) is 22.0 Å². The van der Waals surface area contributed by atoms with Gasteiger partial charge in [0.25, 0.3) is 0 Å². The van der Waals surface area contributed by atoms with Crippen LogP contribution in [0.2, 0.25) is 0 Å². The summed E-state index contributed by atoms with van der Waals surface area (Å²) in [7, 11) is 0. The van der Waals surface area contributed by atoms with Gasteiger partial charge < -0.3 is 0 Å². The van der Waals surface area contributed by atoms with Gasteiger partial charge in [-0.2, -0.15) is 0 Å². The molecule has 0 saturated heterocycles. The van der Waals surface area contributed by atoms with Crippen LogP contribution >= 0.6 is 15.9 Å². The molecule has 64 valence electrons. The molecular formula is C8H5BrN4. The van der Waals surface area contributed by atoms with Gasteiger partial charge in [-0.15, -0.1) is 0 Å². The van der Waals surface area contributed by atoms with E-state index in [0.29, 0.717) is 16.1 Å². The first-order chi connectivity index (χ1) is 6.38. The van der Waals surface area contributed by atoms with E-state index in [1.165, 1.54) is 0 Å². The third-order valence-corrected chi connectivity index (χ3v) is 2.01. The first-order valence-electron chi connectivity index (χ1n) is 3.62. The number of halogens is 1. The molecule has 5 heteroatoms. The molecule has 0 spiro atoms. The second kappa shape index (κ2) is 3.57. The molecule has 0 N–H and O–H groups in total. The maximum absolute atomic E-state index is 4.11. The Morgan fingerprint density at radius 3 is 2.23 bits per heavy atom. The zero-order chi connectivity index (χ0) is 9.10. The highest BCUT2D eigenvalue weighted by Gasteiger charge is 2.06. The van der Waals surface area contributed by atoms with Crippen molar-refractivity contribution in [3.63, 3.8) is 0 Å². The lowest BCUT2D eigenvalue weighted by molar-refractivity contribution is 1.09. The molecule has 0 aromatic carbocycles. The van der Waals surface area contributed by atoms with Crippen molar-refractivity contribution < 1.29 is 0 Å². The van der Waals surface area contributed by atoms with Gasteiger partial charge in [-0.25, -0.2) is 19.9 Å². The van der Waals surface area contributed by atoms with Crippen LogP contribution < -0.4 is 0 Å². The molecule has 13 heavy (non-hydrogen) atoms. The van der Waals surface area contributed by atoms with Crippen LogP contribution in [0, 0.1) is 0 Å². The molecule has 2 aromatic heterocycles. The molecule has 2 rings (SSSR count). The molecule has 0 atom stereocenters. The molecule has 2 aromatic rings. The fraction of sp³-hybridized carbons (Fsp3) is 0. The van der Waals surface area contributed by atoms with Crippen LogP contribution in [-0.4, -0.2) is 19.9 Å². The van der Waals surface area contributed by atoms with Crippen LogP contribution in [0.15, 0.2) is 35.5 Å². The molecule has 0 aliphatic heterocycles. The number of hydrogen-bond donors (Lipinski definition) is 0. The Kier molecular flexibility index (Phi) is 2.27. The maximum atomic E-state index is 4.11. The largest absolute Gasteiger partial charge is 0.248 e. The fourth-order valence-corrected chi connectivity index (χ4v) is 1.29. The summed E-state index contributed by atoms with van der Waals surface area (Å²) < 4.78 is 0.654. The van der Waals surface area contributed by atoms with Crippen LogP contribution in [0.5, 0.6) is 0 Å². The van der Waals surface area contributed by atoms with Crippen molar-refractivity contribution in [3.8, 4) is 11.5 Å². The van der Waals surface area contributed by atoms with Crippen molar-refractivity contribution in [1.82, 2.24) is 19.9 Å². The van der Waals surface area contributed by atoms with Gasteiger partial charge in [0.15, 0.2) is 5.82 Å². The fourth-order valence-electron chi connectivity index (χ4n) is 0.892. The minimum absolute atomic E-state index is 0.572. The standard InChI is InChI=1S/C8H5BrN4/c9-7-6(10-4-5-11-7)8-12-2-1-3-13-8/h1-5H. The van der Waals surface area contributed by atoms with Gasteiger partial charge in [0.05, 0.1) is 0 Å². The van der Waals surface area contributed by atoms with Crippen molar-refractivity contribution in [3.05, 3.63) is 35.5 Å². The summed E-state index contributed by atoms with van der Waals surface area (Å²) in [6.45, 7) is 0. The Balaban J connectivity index is 2.54. The van der Waals surface area contributed by atoms with Crippen molar-refractivity contribution in [2.24, 2.45) is 0 Å². The van der Waals surface area contributed by atoms with Gasteiger partial charge in [0, 0.05) is 24.8 Å². The van der Waals surface area contributed by atoms with E-state index in [-0.39, 0.29) is 0 Å². The summed E-state index contributed by atoms with van der Waals surface area (Å²) in [5.74, 6) is 0.572. The Hall–Kier alpha value is -1.36. The molecule has 0 aliphatic carbocycles. The van der Waals surface area contributed by atoms with E-state index in [0.717, 1.165) is 0 Å². The zero-order valence-corrected chi connectivity index (χ0v) is 8.14. The van der Waals surface area contributed by atoms with Crippen LogP contribution in [0.25, 0.3) is 11.5 Å². The first-order valence-corrected chi connectivity index (χ1v) is 4.41. The van der Waals surface area contributed by atoms with Crippen molar-refractivity contribution in [2.45, 2.75) is 0 Å². The van der Waals surface area contributed by atoms with Crippen molar-refractivity contribution >= 4 is 15.9 Å². The molecule has 4 nitrogen and oxygen atoms in total. The monoisotopic (exact) mass is 236 g/mol. The predicted molar refractivity (Wildman–Crippen MR) is 50.8 cm³/mol. The summed E-state index contributed by atoms with van der Waals surface area (Å²) in [6, 6.07) is 1.76. The quantitative estimate of drug-likeness (QED) is 0.757. The van der Waals surface area contributed by atoms with Crippen LogP contribution in [0.4, 0.5) is 0 Å². The Morgan fingerprint density at radius 2 is 1.54 bits per heavy atom. The van der Waals surface area contributed by atoms with Crippen molar-refractivity contribution in [1.29, 1.82) is 0 Å². The Labute approximate surface area is 83.2 Å². The predicted octanol–water partition coefficient (Wildman–Crippen LogP) is 1.70. The summed E-state index contributed by atoms with van der Waals surface area (Å²) in [5.41, 5.74) is 0.656. The van der Waals surface area contributed by atoms with E-state index in [2.05, 4.69) is 35.9 Å². The number of nitrogens with zero attached hydrogens (tertiary/aromatic N) is 4. The van der Waals surface area contributed by atoms with Gasteiger partial charge in [-0.1, -0.05) is 0 Å². The second-order valence-electron chi connectivity index (χ2n) is 2.27. The van der Waals surface area contributed by atoms with Gasteiger partial charge in [0.1, 0.15) is 10.3 Å². The van der Waals surface area contributed by atoms with Crippen LogP contribution in [0.1, 0.15) is 0 Å². The summed E-state index contributed by atoms with van der Waals surface area (Å²) in [4.78, 5) is 16.3. The summed E-state index contributed by atoms with van der Waals surface area (Å²) in [5, 5.41) is 0. The van der Waals surface area contributed by atoms with Crippen molar-refractivity contribution in [2.75, 3.05) is 0 Å². The van der Waals surface area contributed by atoms with Crippen LogP contribution in [0.3, 0.4) is 0 Å². The molecule has 0 aliphatic rings. The van der Waals surface area contributed by atoms with E-state index < -0.39 is 0 Å². The van der Waals surface area contributed by atoms with Gasteiger partial charge in [0.2, 0.25) is 0 Å². The number of rotatable bonds is 1. The van der Waals surface area contributed by atoms with E-state index >= 15 is 0 Å². The van der Waals surface area contributed by atoms with Gasteiger partial charge >= 0.3 is 0 Å². The highest BCUT2D eigenvalue weighted by atomic mass is 79.9. The topological polar surface area (TPSA) is 51.6 Å². The summed E-state index contributed by atoms with van der Waals surface area (Å²) in [6.07, 6.45) is 6.56. The average Bonchev–Trinajstić information content (AvgIpc) is 2.20. The maximum Gasteiger partial charge on any atom is 0.180 e. The molecule has 0 saturated carbocycles. The normalized spacial score (nSPS) is 9.92.